The lowest BCUT2D eigenvalue weighted by atomic mass is 10.2. The highest BCUT2D eigenvalue weighted by Crippen LogP contribution is 2.36. The van der Waals surface area contributed by atoms with Crippen LogP contribution < -0.4 is 5.32 Å². The SMILES string of the molecule is CN(C)CC[N+]1([O-])N=CC2=C(Nc3ccccc3S2(=O)=O)C1=O. The van der Waals surface area contributed by atoms with Gasteiger partial charge in [-0.15, -0.1) is 0 Å². The first kappa shape index (κ1) is 15.8. The van der Waals surface area contributed by atoms with Crippen molar-refractivity contribution in [2.45, 2.75) is 4.90 Å². The van der Waals surface area contributed by atoms with E-state index < -0.39 is 20.5 Å². The van der Waals surface area contributed by atoms with Crippen molar-refractivity contribution in [1.29, 1.82) is 0 Å². The number of nitrogens with one attached hydrogen (secondary N) is 1. The number of rotatable bonds is 3. The summed E-state index contributed by atoms with van der Waals surface area (Å²) in [6.07, 6.45) is 0.984. The Morgan fingerprint density at radius 3 is 2.70 bits per heavy atom. The van der Waals surface area contributed by atoms with Gasteiger partial charge in [0.15, 0.2) is 5.70 Å². The van der Waals surface area contributed by atoms with Gasteiger partial charge in [-0.05, 0) is 26.2 Å². The van der Waals surface area contributed by atoms with Crippen LogP contribution in [-0.4, -0.2) is 57.4 Å². The quantitative estimate of drug-likeness (QED) is 0.637. The third-order valence-electron chi connectivity index (χ3n) is 3.72. The third-order valence-corrected chi connectivity index (χ3v) is 5.54. The summed E-state index contributed by atoms with van der Waals surface area (Å²) in [4.78, 5) is 14.1. The molecule has 2 aliphatic rings. The number of anilines is 1. The van der Waals surface area contributed by atoms with Crippen LogP contribution in [-0.2, 0) is 14.6 Å². The van der Waals surface area contributed by atoms with Crippen LogP contribution in [0, 0.1) is 5.21 Å². The number of sulfone groups is 1. The van der Waals surface area contributed by atoms with Gasteiger partial charge in [-0.2, -0.15) is 4.76 Å². The summed E-state index contributed by atoms with van der Waals surface area (Å²) < 4.78 is 23.7. The van der Waals surface area contributed by atoms with Gasteiger partial charge in [0.25, 0.3) is 0 Å². The lowest BCUT2D eigenvalue weighted by Crippen LogP contribution is -2.51. The van der Waals surface area contributed by atoms with E-state index in [2.05, 4.69) is 10.4 Å². The lowest BCUT2D eigenvalue weighted by Gasteiger charge is -2.37. The van der Waals surface area contributed by atoms with E-state index in [0.29, 0.717) is 6.54 Å². The molecule has 1 aromatic carbocycles. The first-order valence-electron chi connectivity index (χ1n) is 6.95. The Kier molecular flexibility index (Phi) is 3.60. The van der Waals surface area contributed by atoms with Crippen LogP contribution in [0.15, 0.2) is 44.9 Å². The Balaban J connectivity index is 2.04. The van der Waals surface area contributed by atoms with Crippen molar-refractivity contribution in [3.05, 3.63) is 40.1 Å². The number of likely N-dealkylation sites (N-methyl/N-ethyl adjacent to an activating group) is 1. The minimum atomic E-state index is -3.87. The maximum Gasteiger partial charge on any atom is 0.389 e. The predicted octanol–water partition coefficient (Wildman–Crippen LogP) is 0.500. The second-order valence-corrected chi connectivity index (χ2v) is 7.53. The Morgan fingerprint density at radius 1 is 1.30 bits per heavy atom. The molecule has 1 atom stereocenters. The van der Waals surface area contributed by atoms with Crippen molar-refractivity contribution in [3.63, 3.8) is 0 Å². The molecule has 2 aliphatic heterocycles. The fourth-order valence-corrected chi connectivity index (χ4v) is 3.91. The van der Waals surface area contributed by atoms with Crippen LogP contribution in [0.4, 0.5) is 5.69 Å². The zero-order valence-electron chi connectivity index (χ0n) is 12.7. The topological polar surface area (TPSA) is 102 Å². The van der Waals surface area contributed by atoms with Gasteiger partial charge in [-0.1, -0.05) is 17.2 Å². The average molecular weight is 336 g/mol. The average Bonchev–Trinajstić information content (AvgIpc) is 2.50. The first-order chi connectivity index (χ1) is 10.8. The number of hydrogen-bond donors (Lipinski definition) is 1. The van der Waals surface area contributed by atoms with Crippen LogP contribution in [0.5, 0.6) is 0 Å². The molecule has 0 radical (unpaired) electrons. The maximum atomic E-state index is 12.6. The van der Waals surface area contributed by atoms with Gasteiger partial charge in [0.05, 0.1) is 17.1 Å². The molecule has 0 bridgehead atoms. The summed E-state index contributed by atoms with van der Waals surface area (Å²) in [5.74, 6) is -0.901. The number of fused-ring (bicyclic) bond motifs is 1. The van der Waals surface area contributed by atoms with E-state index in [1.54, 1.807) is 37.2 Å². The fourth-order valence-electron chi connectivity index (χ4n) is 2.41. The number of allylic oxidation sites excluding steroid dienone is 1. The second-order valence-electron chi connectivity index (χ2n) is 5.64. The molecule has 23 heavy (non-hydrogen) atoms. The zero-order chi connectivity index (χ0) is 16.8. The highest BCUT2D eigenvalue weighted by molar-refractivity contribution is 7.96. The first-order valence-corrected chi connectivity index (χ1v) is 8.44. The number of carbonyl (C=O) groups excluding carboxylic acids is 1. The van der Waals surface area contributed by atoms with Crippen LogP contribution in [0.25, 0.3) is 0 Å². The van der Waals surface area contributed by atoms with E-state index in [4.69, 9.17) is 0 Å². The van der Waals surface area contributed by atoms with Crippen LogP contribution in [0.1, 0.15) is 0 Å². The molecule has 0 spiro atoms. The van der Waals surface area contributed by atoms with Gasteiger partial charge in [0, 0.05) is 0 Å². The number of amides is 1. The number of nitrogens with zero attached hydrogens (tertiary/aromatic N) is 3. The monoisotopic (exact) mass is 336 g/mol. The molecule has 0 saturated carbocycles. The Hall–Kier alpha value is -2.07. The van der Waals surface area contributed by atoms with Gasteiger partial charge in [-0.3, -0.25) is 0 Å². The number of hydrogen-bond acceptors (Lipinski definition) is 7. The van der Waals surface area contributed by atoms with Crippen molar-refractivity contribution in [2.24, 2.45) is 5.10 Å². The van der Waals surface area contributed by atoms with Crippen molar-refractivity contribution >= 4 is 27.6 Å². The zero-order valence-corrected chi connectivity index (χ0v) is 13.5. The van der Waals surface area contributed by atoms with Crippen LogP contribution in [0.2, 0.25) is 0 Å². The van der Waals surface area contributed by atoms with Crippen molar-refractivity contribution < 1.29 is 18.0 Å². The molecule has 3 rings (SSSR count). The van der Waals surface area contributed by atoms with Crippen molar-refractivity contribution in [2.75, 3.05) is 32.5 Å². The minimum absolute atomic E-state index is 0.0668. The Morgan fingerprint density at radius 2 is 2.00 bits per heavy atom. The molecule has 1 unspecified atom stereocenters. The maximum absolute atomic E-state index is 12.6. The predicted molar refractivity (Wildman–Crippen MR) is 84.8 cm³/mol. The number of hydroxylamine groups is 2. The van der Waals surface area contributed by atoms with Crippen LogP contribution in [0.3, 0.4) is 0 Å². The normalized spacial score (nSPS) is 25.1. The minimum Gasteiger partial charge on any atom is -0.597 e. The lowest BCUT2D eigenvalue weighted by molar-refractivity contribution is -0.808. The molecule has 0 fully saturated rings. The summed E-state index contributed by atoms with van der Waals surface area (Å²) in [5, 5.41) is 19.1. The standard InChI is InChI=1S/C14H16N4O4S/c1-17(2)7-8-18(20)14(19)13-12(9-15-18)23(21,22)11-6-4-3-5-10(11)16-13/h3-6,9,16H,7-8H2,1-2H3. The fraction of sp³-hybridized carbons (Fsp3) is 0.286. The Labute approximate surface area is 133 Å². The number of carbonyl (C=O) groups is 1. The number of quaternary nitrogens is 1. The highest BCUT2D eigenvalue weighted by atomic mass is 32.2. The van der Waals surface area contributed by atoms with Crippen molar-refractivity contribution in [3.8, 4) is 0 Å². The van der Waals surface area contributed by atoms with Crippen LogP contribution >= 0.6 is 0 Å². The largest absolute Gasteiger partial charge is 0.597 e. The van der Waals surface area contributed by atoms with E-state index in [0.717, 1.165) is 6.21 Å². The number of para-hydroxylation sites is 1. The highest BCUT2D eigenvalue weighted by Gasteiger charge is 2.44. The van der Waals surface area contributed by atoms with Crippen molar-refractivity contribution in [1.82, 2.24) is 4.90 Å². The van der Waals surface area contributed by atoms with Gasteiger partial charge in [0.1, 0.15) is 17.7 Å². The van der Waals surface area contributed by atoms with Gasteiger partial charge in [0.2, 0.25) is 9.84 Å². The van der Waals surface area contributed by atoms with Gasteiger partial charge in [-0.25, -0.2) is 13.2 Å². The third kappa shape index (κ3) is 2.47. The molecule has 0 aromatic heterocycles. The van der Waals surface area contributed by atoms with E-state index >= 15 is 0 Å². The molecular weight excluding hydrogens is 320 g/mol. The van der Waals surface area contributed by atoms with E-state index in [1.807, 2.05) is 0 Å². The van der Waals surface area contributed by atoms with E-state index in [-0.39, 0.29) is 27.7 Å². The Bertz CT molecular complexity index is 844. The molecule has 1 N–H and O–H groups in total. The van der Waals surface area contributed by atoms with E-state index in [9.17, 15) is 18.4 Å². The van der Waals surface area contributed by atoms with Gasteiger partial charge < -0.3 is 15.4 Å². The molecular formula is C14H16N4O4S. The van der Waals surface area contributed by atoms with Gasteiger partial charge >= 0.3 is 5.91 Å². The second kappa shape index (κ2) is 5.24. The molecule has 8 nitrogen and oxygen atoms in total. The molecule has 0 aliphatic carbocycles. The molecule has 9 heteroatoms. The summed E-state index contributed by atoms with van der Waals surface area (Å²) in [7, 11) is -0.325. The summed E-state index contributed by atoms with van der Waals surface area (Å²) >= 11 is 0. The summed E-state index contributed by atoms with van der Waals surface area (Å²) in [6.45, 7) is 0.251. The summed E-state index contributed by atoms with van der Waals surface area (Å²) in [5.41, 5.74) is 0.0708. The molecule has 1 amide bonds. The molecule has 1 aromatic rings. The molecule has 2 heterocycles. The number of benzene rings is 1. The molecule has 122 valence electrons. The summed E-state index contributed by atoms with van der Waals surface area (Å²) in [6, 6.07) is 6.24. The van der Waals surface area contributed by atoms with E-state index in [1.165, 1.54) is 6.07 Å². The smallest absolute Gasteiger partial charge is 0.389 e. The molecule has 0 saturated heterocycles.